The van der Waals surface area contributed by atoms with Crippen molar-refractivity contribution in [3.8, 4) is 5.69 Å². The number of nitrogens with zero attached hydrogens (tertiary/aromatic N) is 5. The fraction of sp³-hybridized carbons (Fsp3) is 0.154. The van der Waals surface area contributed by atoms with Gasteiger partial charge in [-0.3, -0.25) is 10.1 Å². The Morgan fingerprint density at radius 2 is 1.80 bits per heavy atom. The lowest BCUT2D eigenvalue weighted by Gasteiger charge is -2.07. The molecule has 0 aliphatic rings. The molecular weight excluding hydrogens is 258 g/mol. The number of aromatic nitrogens is 4. The summed E-state index contributed by atoms with van der Waals surface area (Å²) in [7, 11) is 0. The maximum absolute atomic E-state index is 11.2. The number of benzene rings is 1. The highest BCUT2D eigenvalue weighted by Gasteiger charge is 2.18. The van der Waals surface area contributed by atoms with Crippen LogP contribution in [-0.4, -0.2) is 24.4 Å². The molecule has 0 amide bonds. The van der Waals surface area contributed by atoms with Crippen LogP contribution in [0, 0.1) is 24.0 Å². The van der Waals surface area contributed by atoms with Crippen LogP contribution >= 0.6 is 0 Å². The zero-order valence-electron chi connectivity index (χ0n) is 10.9. The number of nitro groups is 1. The molecular formula is C13H11N5O2. The molecule has 0 unspecified atom stereocenters. The van der Waals surface area contributed by atoms with E-state index in [-0.39, 0.29) is 5.69 Å². The second-order valence-electron chi connectivity index (χ2n) is 4.45. The SMILES string of the molecule is Cc1nc2cc(-n3ccnc3)c([N+](=O)[O-])cc2nc1C. The molecule has 0 fully saturated rings. The normalized spacial score (nSPS) is 10.9. The second kappa shape index (κ2) is 4.37. The van der Waals surface area contributed by atoms with E-state index in [1.165, 1.54) is 12.4 Å². The summed E-state index contributed by atoms with van der Waals surface area (Å²) >= 11 is 0. The summed E-state index contributed by atoms with van der Waals surface area (Å²) in [5.74, 6) is 0. The van der Waals surface area contributed by atoms with Gasteiger partial charge in [0, 0.05) is 18.5 Å². The summed E-state index contributed by atoms with van der Waals surface area (Å²) in [5.41, 5.74) is 3.13. The van der Waals surface area contributed by atoms with Crippen LogP contribution in [0.3, 0.4) is 0 Å². The quantitative estimate of drug-likeness (QED) is 0.526. The van der Waals surface area contributed by atoms with Crippen molar-refractivity contribution in [2.24, 2.45) is 0 Å². The summed E-state index contributed by atoms with van der Waals surface area (Å²) in [6.45, 7) is 3.69. The van der Waals surface area contributed by atoms with Crippen molar-refractivity contribution in [1.82, 2.24) is 19.5 Å². The third-order valence-corrected chi connectivity index (χ3v) is 3.15. The molecule has 2 heterocycles. The number of rotatable bonds is 2. The first-order valence-corrected chi connectivity index (χ1v) is 5.98. The molecule has 7 nitrogen and oxygen atoms in total. The van der Waals surface area contributed by atoms with Crippen molar-refractivity contribution < 1.29 is 4.92 Å². The number of hydrogen-bond donors (Lipinski definition) is 0. The smallest absolute Gasteiger partial charge is 0.295 e. The van der Waals surface area contributed by atoms with Crippen LogP contribution in [0.1, 0.15) is 11.4 Å². The average Bonchev–Trinajstić information content (AvgIpc) is 2.92. The van der Waals surface area contributed by atoms with Crippen LogP contribution in [0.5, 0.6) is 0 Å². The van der Waals surface area contributed by atoms with E-state index in [0.29, 0.717) is 16.7 Å². The molecule has 7 heteroatoms. The molecule has 0 aliphatic heterocycles. The van der Waals surface area contributed by atoms with Crippen LogP contribution in [0.25, 0.3) is 16.7 Å². The predicted octanol–water partition coefficient (Wildman–Crippen LogP) is 2.34. The minimum Gasteiger partial charge on any atom is -0.300 e. The topological polar surface area (TPSA) is 86.7 Å². The number of nitro benzene ring substituents is 1. The second-order valence-corrected chi connectivity index (χ2v) is 4.45. The third-order valence-electron chi connectivity index (χ3n) is 3.15. The molecule has 0 aliphatic carbocycles. The van der Waals surface area contributed by atoms with Gasteiger partial charge >= 0.3 is 0 Å². The van der Waals surface area contributed by atoms with Crippen molar-refractivity contribution >= 4 is 16.7 Å². The molecule has 20 heavy (non-hydrogen) atoms. The Balaban J connectivity index is 2.35. The zero-order valence-corrected chi connectivity index (χ0v) is 10.9. The van der Waals surface area contributed by atoms with Gasteiger partial charge in [0.05, 0.1) is 33.7 Å². The van der Waals surface area contributed by atoms with Crippen molar-refractivity contribution in [3.05, 3.63) is 52.4 Å². The number of fused-ring (bicyclic) bond motifs is 1. The van der Waals surface area contributed by atoms with Crippen LogP contribution in [-0.2, 0) is 0 Å². The Kier molecular flexibility index (Phi) is 2.67. The maximum atomic E-state index is 11.2. The van der Waals surface area contributed by atoms with Gasteiger partial charge in [0.25, 0.3) is 5.69 Å². The predicted molar refractivity (Wildman–Crippen MR) is 72.8 cm³/mol. The van der Waals surface area contributed by atoms with E-state index < -0.39 is 4.92 Å². The molecule has 3 aromatic rings. The summed E-state index contributed by atoms with van der Waals surface area (Å²) in [6.07, 6.45) is 4.74. The average molecular weight is 269 g/mol. The van der Waals surface area contributed by atoms with Gasteiger partial charge in [0.1, 0.15) is 5.69 Å². The Morgan fingerprint density at radius 3 is 2.35 bits per heavy atom. The van der Waals surface area contributed by atoms with Crippen LogP contribution in [0.15, 0.2) is 30.9 Å². The molecule has 0 N–H and O–H groups in total. The van der Waals surface area contributed by atoms with Crippen LogP contribution in [0.4, 0.5) is 5.69 Å². The first kappa shape index (κ1) is 12.2. The summed E-state index contributed by atoms with van der Waals surface area (Å²) < 4.78 is 1.59. The largest absolute Gasteiger partial charge is 0.300 e. The highest BCUT2D eigenvalue weighted by molar-refractivity contribution is 5.82. The molecule has 0 saturated carbocycles. The molecule has 1 aromatic carbocycles. The molecule has 2 aromatic heterocycles. The fourth-order valence-electron chi connectivity index (χ4n) is 2.01. The number of hydrogen-bond acceptors (Lipinski definition) is 5. The van der Waals surface area contributed by atoms with Crippen LogP contribution in [0.2, 0.25) is 0 Å². The van der Waals surface area contributed by atoms with E-state index in [1.807, 2.05) is 13.8 Å². The van der Waals surface area contributed by atoms with Gasteiger partial charge in [0.15, 0.2) is 0 Å². The molecule has 100 valence electrons. The van der Waals surface area contributed by atoms with E-state index in [4.69, 9.17) is 0 Å². The molecule has 0 atom stereocenters. The Hall–Kier alpha value is -2.83. The van der Waals surface area contributed by atoms with E-state index in [1.54, 1.807) is 23.0 Å². The third kappa shape index (κ3) is 1.89. The van der Waals surface area contributed by atoms with E-state index >= 15 is 0 Å². The van der Waals surface area contributed by atoms with E-state index in [2.05, 4.69) is 15.0 Å². The molecule has 3 rings (SSSR count). The lowest BCUT2D eigenvalue weighted by atomic mass is 10.2. The monoisotopic (exact) mass is 269 g/mol. The van der Waals surface area contributed by atoms with Gasteiger partial charge in [-0.05, 0) is 19.9 Å². The summed E-state index contributed by atoms with van der Waals surface area (Å²) in [4.78, 5) is 23.5. The minimum absolute atomic E-state index is 0.0203. The molecule has 0 spiro atoms. The standard InChI is InChI=1S/C13H11N5O2/c1-8-9(2)16-11-6-13(18(19)20)12(5-10(11)15-8)17-4-3-14-7-17/h3-7H,1-2H3. The van der Waals surface area contributed by atoms with Gasteiger partial charge in [-0.25, -0.2) is 15.0 Å². The van der Waals surface area contributed by atoms with Gasteiger partial charge in [-0.1, -0.05) is 0 Å². The summed E-state index contributed by atoms with van der Waals surface area (Å²) in [5, 5.41) is 11.2. The summed E-state index contributed by atoms with van der Waals surface area (Å²) in [6, 6.07) is 3.11. The first-order valence-electron chi connectivity index (χ1n) is 5.98. The van der Waals surface area contributed by atoms with Crippen molar-refractivity contribution in [3.63, 3.8) is 0 Å². The maximum Gasteiger partial charge on any atom is 0.295 e. The van der Waals surface area contributed by atoms with Crippen molar-refractivity contribution in [1.29, 1.82) is 0 Å². The van der Waals surface area contributed by atoms with Crippen molar-refractivity contribution in [2.45, 2.75) is 13.8 Å². The minimum atomic E-state index is -0.425. The molecule has 0 radical (unpaired) electrons. The van der Waals surface area contributed by atoms with Gasteiger partial charge in [-0.2, -0.15) is 0 Å². The fourth-order valence-corrected chi connectivity index (χ4v) is 2.01. The van der Waals surface area contributed by atoms with Gasteiger partial charge < -0.3 is 4.57 Å². The van der Waals surface area contributed by atoms with E-state index in [0.717, 1.165) is 11.4 Å². The number of imidazole rings is 1. The van der Waals surface area contributed by atoms with Gasteiger partial charge in [-0.15, -0.1) is 0 Å². The Bertz CT molecular complexity index is 811. The van der Waals surface area contributed by atoms with E-state index in [9.17, 15) is 10.1 Å². The zero-order chi connectivity index (χ0) is 14.3. The lowest BCUT2D eigenvalue weighted by molar-refractivity contribution is -0.384. The Labute approximate surface area is 114 Å². The van der Waals surface area contributed by atoms with Crippen LogP contribution < -0.4 is 0 Å². The highest BCUT2D eigenvalue weighted by Crippen LogP contribution is 2.27. The number of aryl methyl sites for hydroxylation is 2. The molecule has 0 saturated heterocycles. The first-order chi connectivity index (χ1) is 9.56. The van der Waals surface area contributed by atoms with Crippen molar-refractivity contribution in [2.75, 3.05) is 0 Å². The highest BCUT2D eigenvalue weighted by atomic mass is 16.6. The lowest BCUT2D eigenvalue weighted by Crippen LogP contribution is -2.01. The van der Waals surface area contributed by atoms with Gasteiger partial charge in [0.2, 0.25) is 0 Å². The Morgan fingerprint density at radius 1 is 1.15 bits per heavy atom. The molecule has 0 bridgehead atoms.